The molecule has 0 bridgehead atoms. The van der Waals surface area contributed by atoms with E-state index in [1.165, 1.54) is 0 Å². The van der Waals surface area contributed by atoms with Gasteiger partial charge >= 0.3 is 0 Å². The summed E-state index contributed by atoms with van der Waals surface area (Å²) in [7, 11) is 0. The number of nitrogens with two attached hydrogens (primary N) is 1. The second kappa shape index (κ2) is 6.49. The topological polar surface area (TPSA) is 106 Å². The number of ketones is 1. The van der Waals surface area contributed by atoms with Gasteiger partial charge in [0, 0.05) is 24.0 Å². The Morgan fingerprint density at radius 2 is 2.03 bits per heavy atom. The molecule has 3 aliphatic heterocycles. The number of nitrogens with zero attached hydrogens (tertiary/aromatic N) is 2. The van der Waals surface area contributed by atoms with Crippen molar-refractivity contribution < 1.29 is 19.1 Å². The molecule has 7 nitrogen and oxygen atoms in total. The minimum atomic E-state index is -1.63. The van der Waals surface area contributed by atoms with Crippen molar-refractivity contribution >= 4 is 23.0 Å². The molecule has 0 radical (unpaired) electrons. The molecule has 1 unspecified atom stereocenters. The third-order valence-corrected chi connectivity index (χ3v) is 6.82. The monoisotopic (exact) mass is 431 g/mol. The van der Waals surface area contributed by atoms with Gasteiger partial charge in [0.2, 0.25) is 11.8 Å². The molecule has 7 heteroatoms. The van der Waals surface area contributed by atoms with Crippen LogP contribution in [0.25, 0.3) is 5.57 Å². The van der Waals surface area contributed by atoms with Crippen LogP contribution in [-0.2, 0) is 19.7 Å². The second-order valence-electron chi connectivity index (χ2n) is 9.20. The van der Waals surface area contributed by atoms with E-state index in [-0.39, 0.29) is 28.7 Å². The molecule has 0 saturated heterocycles. The standard InChI is InChI=1S/C25H25N3O4/c1-5-31-14-9-15-13(2)11-24(3,4)28-21(15)16(10-14)25(23(28)30)17(12-26)22(27)32-19-8-6-7-18(29)20(19)25/h9-11H,5-8,27H2,1-4H3. The van der Waals surface area contributed by atoms with Crippen LogP contribution in [0.4, 0.5) is 5.69 Å². The van der Waals surface area contributed by atoms with Crippen LogP contribution in [0.5, 0.6) is 5.75 Å². The van der Waals surface area contributed by atoms with Gasteiger partial charge in [0.05, 0.1) is 23.4 Å². The Labute approximate surface area is 186 Å². The van der Waals surface area contributed by atoms with Crippen LogP contribution in [-0.4, -0.2) is 23.8 Å². The number of hydrogen-bond donors (Lipinski definition) is 1. The first kappa shape index (κ1) is 20.4. The number of hydrogen-bond acceptors (Lipinski definition) is 6. The fourth-order valence-corrected chi connectivity index (χ4v) is 5.74. The Morgan fingerprint density at radius 3 is 2.72 bits per heavy atom. The molecule has 32 heavy (non-hydrogen) atoms. The van der Waals surface area contributed by atoms with Gasteiger partial charge in [-0.2, -0.15) is 5.26 Å². The highest BCUT2D eigenvalue weighted by Crippen LogP contribution is 2.60. The van der Waals surface area contributed by atoms with E-state index in [1.54, 1.807) is 11.0 Å². The van der Waals surface area contributed by atoms with Crippen molar-refractivity contribution in [3.8, 4) is 11.8 Å². The van der Waals surface area contributed by atoms with E-state index in [0.717, 1.165) is 11.1 Å². The molecule has 1 atom stereocenters. The average Bonchev–Trinajstić information content (AvgIpc) is 2.97. The molecular weight excluding hydrogens is 406 g/mol. The minimum absolute atomic E-state index is 0.0322. The summed E-state index contributed by atoms with van der Waals surface area (Å²) >= 11 is 0. The Balaban J connectivity index is 1.96. The molecule has 2 N–H and O–H groups in total. The zero-order valence-corrected chi connectivity index (χ0v) is 18.7. The van der Waals surface area contributed by atoms with Gasteiger partial charge in [-0.25, -0.2) is 0 Å². The van der Waals surface area contributed by atoms with Gasteiger partial charge in [-0.3, -0.25) is 9.59 Å². The minimum Gasteiger partial charge on any atom is -0.494 e. The molecule has 1 amide bonds. The van der Waals surface area contributed by atoms with E-state index in [4.69, 9.17) is 15.2 Å². The van der Waals surface area contributed by atoms with Crippen LogP contribution in [0.2, 0.25) is 0 Å². The SMILES string of the molecule is CCOc1cc2c3c(c1)C1(C(=O)N3C(C)(C)C=C2C)C(C#N)=C(N)OC2=C1C(=O)CCC2. The number of amides is 1. The molecule has 0 saturated carbocycles. The summed E-state index contributed by atoms with van der Waals surface area (Å²) in [6.07, 6.45) is 3.43. The molecule has 0 fully saturated rings. The van der Waals surface area contributed by atoms with Crippen molar-refractivity contribution in [3.05, 3.63) is 52.1 Å². The quantitative estimate of drug-likeness (QED) is 0.767. The van der Waals surface area contributed by atoms with Gasteiger partial charge in [-0.1, -0.05) is 6.08 Å². The number of nitriles is 1. The van der Waals surface area contributed by atoms with Gasteiger partial charge in [0.25, 0.3) is 0 Å². The molecule has 0 aromatic heterocycles. The van der Waals surface area contributed by atoms with Crippen LogP contribution in [0.1, 0.15) is 58.1 Å². The molecule has 164 valence electrons. The predicted molar refractivity (Wildman–Crippen MR) is 118 cm³/mol. The van der Waals surface area contributed by atoms with Crippen molar-refractivity contribution in [1.82, 2.24) is 0 Å². The molecule has 1 spiro atoms. The lowest BCUT2D eigenvalue weighted by molar-refractivity contribution is -0.125. The van der Waals surface area contributed by atoms with E-state index in [9.17, 15) is 14.9 Å². The Kier molecular flexibility index (Phi) is 4.13. The molecule has 4 aliphatic rings. The van der Waals surface area contributed by atoms with Crippen molar-refractivity contribution in [2.75, 3.05) is 11.5 Å². The van der Waals surface area contributed by atoms with Crippen molar-refractivity contribution in [1.29, 1.82) is 5.26 Å². The van der Waals surface area contributed by atoms with Crippen molar-refractivity contribution in [3.63, 3.8) is 0 Å². The number of ether oxygens (including phenoxy) is 2. The molecule has 5 rings (SSSR count). The van der Waals surface area contributed by atoms with Gasteiger partial charge in [-0.05, 0) is 51.8 Å². The summed E-state index contributed by atoms with van der Waals surface area (Å²) in [6.45, 7) is 8.22. The van der Waals surface area contributed by atoms with Crippen LogP contribution in [0.3, 0.4) is 0 Å². The number of allylic oxidation sites excluding steroid dienone is 2. The van der Waals surface area contributed by atoms with Crippen LogP contribution in [0.15, 0.2) is 41.0 Å². The summed E-state index contributed by atoms with van der Waals surface area (Å²) in [6, 6.07) is 5.83. The average molecular weight is 431 g/mol. The summed E-state index contributed by atoms with van der Waals surface area (Å²) in [5, 5.41) is 10.2. The molecule has 3 heterocycles. The first-order chi connectivity index (χ1) is 15.2. The number of carbonyl (C=O) groups is 2. The van der Waals surface area contributed by atoms with E-state index in [0.29, 0.717) is 48.6 Å². The van der Waals surface area contributed by atoms with E-state index >= 15 is 0 Å². The maximum Gasteiger partial charge on any atom is 0.248 e. The smallest absolute Gasteiger partial charge is 0.248 e. The van der Waals surface area contributed by atoms with Crippen LogP contribution in [0, 0.1) is 11.3 Å². The van der Waals surface area contributed by atoms with E-state index < -0.39 is 11.0 Å². The van der Waals surface area contributed by atoms with Gasteiger partial charge in [-0.15, -0.1) is 0 Å². The number of rotatable bonds is 2. The number of Topliss-reactive ketones (excluding diaryl/α,β-unsaturated/α-hetero) is 1. The maximum absolute atomic E-state index is 14.4. The van der Waals surface area contributed by atoms with Gasteiger partial charge in [0.15, 0.2) is 5.78 Å². The third kappa shape index (κ3) is 2.30. The summed E-state index contributed by atoms with van der Waals surface area (Å²) in [5.41, 5.74) is 7.27. The fraction of sp³-hybridized carbons (Fsp3) is 0.400. The van der Waals surface area contributed by atoms with E-state index in [2.05, 4.69) is 6.07 Å². The Morgan fingerprint density at radius 1 is 1.28 bits per heavy atom. The normalized spacial score (nSPS) is 25.3. The van der Waals surface area contributed by atoms with Gasteiger partial charge < -0.3 is 20.1 Å². The summed E-state index contributed by atoms with van der Waals surface area (Å²) in [5.74, 6) is 0.325. The first-order valence-corrected chi connectivity index (χ1v) is 10.9. The highest BCUT2D eigenvalue weighted by molar-refractivity contribution is 6.22. The Hall–Kier alpha value is -3.53. The molecule has 1 aromatic carbocycles. The number of benzene rings is 1. The second-order valence-corrected chi connectivity index (χ2v) is 9.20. The highest BCUT2D eigenvalue weighted by Gasteiger charge is 2.65. The number of carbonyl (C=O) groups excluding carboxylic acids is 2. The van der Waals surface area contributed by atoms with Crippen LogP contribution < -0.4 is 15.4 Å². The van der Waals surface area contributed by atoms with Crippen molar-refractivity contribution in [2.24, 2.45) is 5.73 Å². The third-order valence-electron chi connectivity index (χ3n) is 6.82. The van der Waals surface area contributed by atoms with Gasteiger partial charge in [0.1, 0.15) is 28.6 Å². The lowest BCUT2D eigenvalue weighted by Crippen LogP contribution is -2.54. The predicted octanol–water partition coefficient (Wildman–Crippen LogP) is 3.60. The largest absolute Gasteiger partial charge is 0.494 e. The fourth-order valence-electron chi connectivity index (χ4n) is 5.74. The first-order valence-electron chi connectivity index (χ1n) is 10.9. The Bertz CT molecular complexity index is 1240. The zero-order valence-electron chi connectivity index (χ0n) is 18.7. The van der Waals surface area contributed by atoms with E-state index in [1.807, 2.05) is 39.8 Å². The highest BCUT2D eigenvalue weighted by atomic mass is 16.5. The molecular formula is C25H25N3O4. The lowest BCUT2D eigenvalue weighted by Gasteiger charge is -2.41. The molecule has 1 aliphatic carbocycles. The summed E-state index contributed by atoms with van der Waals surface area (Å²) in [4.78, 5) is 29.5. The van der Waals surface area contributed by atoms with Crippen LogP contribution >= 0.6 is 0 Å². The lowest BCUT2D eigenvalue weighted by atomic mass is 9.65. The maximum atomic E-state index is 14.4. The zero-order chi connectivity index (χ0) is 23.0. The number of anilines is 1. The number of fused-ring (bicyclic) bond motifs is 2. The molecule has 1 aromatic rings. The van der Waals surface area contributed by atoms with Crippen molar-refractivity contribution in [2.45, 2.75) is 57.9 Å². The summed E-state index contributed by atoms with van der Waals surface area (Å²) < 4.78 is 11.6.